The molecule has 1 aliphatic heterocycles. The molecular weight excluding hydrogens is 186 g/mol. The Morgan fingerprint density at radius 2 is 1.73 bits per heavy atom. The lowest BCUT2D eigenvalue weighted by atomic mass is 10.1. The van der Waals surface area contributed by atoms with E-state index in [1.54, 1.807) is 0 Å². The molecule has 68 valence electrons. The van der Waals surface area contributed by atoms with Crippen LogP contribution in [0.25, 0.3) is 0 Å². The molecule has 0 aromatic rings. The summed E-state index contributed by atoms with van der Waals surface area (Å²) < 4.78 is 48.9. The molecule has 1 unspecified atom stereocenters. The fourth-order valence-electron chi connectivity index (χ4n) is 0.844. The summed E-state index contributed by atoms with van der Waals surface area (Å²) in [6.45, 7) is 0.113. The molecule has 1 fully saturated rings. The molecule has 6 heteroatoms. The van der Waals surface area contributed by atoms with Crippen molar-refractivity contribution in [3.63, 3.8) is 0 Å². The van der Waals surface area contributed by atoms with Gasteiger partial charge in [0, 0.05) is 0 Å². The lowest BCUT2D eigenvalue weighted by Gasteiger charge is -2.19. The number of hydrogen-bond acceptors (Lipinski definition) is 1. The monoisotopic (exact) mass is 193 g/mol. The van der Waals surface area contributed by atoms with Crippen molar-refractivity contribution in [2.45, 2.75) is 24.8 Å². The van der Waals surface area contributed by atoms with Crippen molar-refractivity contribution >= 4 is 12.4 Å². The Kier molecular flexibility index (Phi) is 2.78. The predicted octanol–water partition coefficient (Wildman–Crippen LogP) is 1.67. The number of halogens is 5. The molecule has 0 amide bonds. The zero-order chi connectivity index (χ0) is 7.99. The van der Waals surface area contributed by atoms with Gasteiger partial charge in [-0.1, -0.05) is 0 Å². The third kappa shape index (κ3) is 1.44. The van der Waals surface area contributed by atoms with Gasteiger partial charge in [-0.2, -0.15) is 17.6 Å². The maximum absolute atomic E-state index is 12.3. The van der Waals surface area contributed by atoms with Crippen LogP contribution in [0.5, 0.6) is 0 Å². The molecule has 0 saturated carbocycles. The second kappa shape index (κ2) is 2.79. The van der Waals surface area contributed by atoms with Crippen molar-refractivity contribution in [2.24, 2.45) is 0 Å². The normalized spacial score (nSPS) is 33.0. The molecule has 0 radical (unpaired) electrons. The summed E-state index contributed by atoms with van der Waals surface area (Å²) in [5, 5.41) is 2.00. The zero-order valence-corrected chi connectivity index (χ0v) is 6.52. The van der Waals surface area contributed by atoms with E-state index in [1.807, 2.05) is 5.32 Å². The molecule has 1 rings (SSSR count). The van der Waals surface area contributed by atoms with Crippen molar-refractivity contribution in [2.75, 3.05) is 6.54 Å². The second-order valence-electron chi connectivity index (χ2n) is 2.43. The van der Waals surface area contributed by atoms with E-state index in [0.29, 0.717) is 0 Å². The minimum atomic E-state index is -3.90. The van der Waals surface area contributed by atoms with Crippen molar-refractivity contribution in [1.29, 1.82) is 0 Å². The van der Waals surface area contributed by atoms with Gasteiger partial charge < -0.3 is 5.32 Å². The first-order chi connectivity index (χ1) is 4.38. The fourth-order valence-corrected chi connectivity index (χ4v) is 0.844. The summed E-state index contributed by atoms with van der Waals surface area (Å²) >= 11 is 0. The van der Waals surface area contributed by atoms with E-state index in [2.05, 4.69) is 0 Å². The first-order valence-electron chi connectivity index (χ1n) is 2.87. The smallest absolute Gasteiger partial charge is 0.303 e. The lowest BCUT2D eigenvalue weighted by Crippen LogP contribution is -2.42. The topological polar surface area (TPSA) is 12.0 Å². The molecule has 0 aromatic heterocycles. The molecule has 0 aliphatic carbocycles. The van der Waals surface area contributed by atoms with Crippen molar-refractivity contribution in [1.82, 2.24) is 5.32 Å². The highest BCUT2D eigenvalue weighted by Gasteiger charge is 2.63. The summed E-state index contributed by atoms with van der Waals surface area (Å²) in [5.74, 6) is -7.78. The SMILES string of the molecule is CC1NCC(F)(F)C1(F)F.Cl. The maximum atomic E-state index is 12.3. The largest absolute Gasteiger partial charge is 0.326 e. The summed E-state index contributed by atoms with van der Waals surface area (Å²) in [7, 11) is 0. The Labute approximate surface area is 67.6 Å². The third-order valence-electron chi connectivity index (χ3n) is 1.66. The lowest BCUT2D eigenvalue weighted by molar-refractivity contribution is -0.184. The Morgan fingerprint density at radius 1 is 1.27 bits per heavy atom. The van der Waals surface area contributed by atoms with E-state index in [-0.39, 0.29) is 12.4 Å². The van der Waals surface area contributed by atoms with Crippen LogP contribution in [0.4, 0.5) is 17.6 Å². The van der Waals surface area contributed by atoms with Gasteiger partial charge in [0.15, 0.2) is 0 Å². The maximum Gasteiger partial charge on any atom is 0.326 e. The highest BCUT2D eigenvalue weighted by atomic mass is 35.5. The standard InChI is InChI=1S/C5H7F4N.ClH/c1-3-5(8,9)4(6,7)2-10-3;/h3,10H,2H2,1H3;1H. The van der Waals surface area contributed by atoms with Crippen molar-refractivity contribution < 1.29 is 17.6 Å². The average Bonchev–Trinajstić information content (AvgIpc) is 1.94. The van der Waals surface area contributed by atoms with Gasteiger partial charge in [0.1, 0.15) is 0 Å². The summed E-state index contributed by atoms with van der Waals surface area (Å²) in [6, 6.07) is -1.43. The van der Waals surface area contributed by atoms with E-state index in [4.69, 9.17) is 0 Å². The summed E-state index contributed by atoms with van der Waals surface area (Å²) in [4.78, 5) is 0. The van der Waals surface area contributed by atoms with Gasteiger partial charge in [-0.05, 0) is 6.92 Å². The quantitative estimate of drug-likeness (QED) is 0.577. The van der Waals surface area contributed by atoms with E-state index in [0.717, 1.165) is 6.92 Å². The van der Waals surface area contributed by atoms with Crippen molar-refractivity contribution in [3.05, 3.63) is 0 Å². The third-order valence-corrected chi connectivity index (χ3v) is 1.66. The summed E-state index contributed by atoms with van der Waals surface area (Å²) in [6.07, 6.45) is 0. The van der Waals surface area contributed by atoms with Gasteiger partial charge in [0.2, 0.25) is 0 Å². The van der Waals surface area contributed by atoms with E-state index in [1.165, 1.54) is 0 Å². The first-order valence-corrected chi connectivity index (χ1v) is 2.87. The van der Waals surface area contributed by atoms with Gasteiger partial charge in [-0.25, -0.2) is 0 Å². The Bertz CT molecular complexity index is 149. The first kappa shape index (κ1) is 11.0. The van der Waals surface area contributed by atoms with E-state index >= 15 is 0 Å². The molecule has 11 heavy (non-hydrogen) atoms. The molecular formula is C5H8ClF4N. The number of hydrogen-bond donors (Lipinski definition) is 1. The molecule has 0 bridgehead atoms. The van der Waals surface area contributed by atoms with Crippen LogP contribution in [-0.4, -0.2) is 24.4 Å². The van der Waals surface area contributed by atoms with Crippen molar-refractivity contribution in [3.8, 4) is 0 Å². The molecule has 1 heterocycles. The number of alkyl halides is 4. The van der Waals surface area contributed by atoms with E-state index < -0.39 is 24.4 Å². The van der Waals surface area contributed by atoms with Crippen LogP contribution >= 0.6 is 12.4 Å². The van der Waals surface area contributed by atoms with Gasteiger partial charge in [-0.15, -0.1) is 12.4 Å². The highest BCUT2D eigenvalue weighted by Crippen LogP contribution is 2.40. The van der Waals surface area contributed by atoms with E-state index in [9.17, 15) is 17.6 Å². The van der Waals surface area contributed by atoms with Crippen LogP contribution in [0.1, 0.15) is 6.92 Å². The fraction of sp³-hybridized carbons (Fsp3) is 1.00. The number of nitrogens with one attached hydrogen (secondary N) is 1. The van der Waals surface area contributed by atoms with Crippen LogP contribution < -0.4 is 5.32 Å². The molecule has 1 atom stereocenters. The van der Waals surface area contributed by atoms with Crippen LogP contribution in [0, 0.1) is 0 Å². The van der Waals surface area contributed by atoms with Crippen LogP contribution in [0.3, 0.4) is 0 Å². The minimum Gasteiger partial charge on any atom is -0.303 e. The van der Waals surface area contributed by atoms with Gasteiger partial charge >= 0.3 is 11.8 Å². The number of rotatable bonds is 0. The summed E-state index contributed by atoms with van der Waals surface area (Å²) in [5.41, 5.74) is 0. The average molecular weight is 194 g/mol. The van der Waals surface area contributed by atoms with Crippen LogP contribution in [0.2, 0.25) is 0 Å². The second-order valence-corrected chi connectivity index (χ2v) is 2.43. The molecule has 1 N–H and O–H groups in total. The minimum absolute atomic E-state index is 0. The van der Waals surface area contributed by atoms with Gasteiger partial charge in [0.25, 0.3) is 0 Å². The Hall–Kier alpha value is -0.0300. The van der Waals surface area contributed by atoms with Crippen LogP contribution in [0.15, 0.2) is 0 Å². The van der Waals surface area contributed by atoms with Gasteiger partial charge in [0.05, 0.1) is 12.6 Å². The highest BCUT2D eigenvalue weighted by molar-refractivity contribution is 5.85. The van der Waals surface area contributed by atoms with Gasteiger partial charge in [-0.3, -0.25) is 0 Å². The van der Waals surface area contributed by atoms with Crippen LogP contribution in [-0.2, 0) is 0 Å². The molecule has 0 aromatic carbocycles. The molecule has 1 nitrogen and oxygen atoms in total. The molecule has 1 aliphatic rings. The Morgan fingerprint density at radius 3 is 1.82 bits per heavy atom. The molecule has 0 spiro atoms. The molecule has 1 saturated heterocycles. The predicted molar refractivity (Wildman–Crippen MR) is 34.6 cm³/mol. The zero-order valence-electron chi connectivity index (χ0n) is 5.70. The Balaban J connectivity index is 0.000001000.